The summed E-state index contributed by atoms with van der Waals surface area (Å²) in [4.78, 5) is 4.65. The van der Waals surface area contributed by atoms with E-state index in [0.717, 1.165) is 11.1 Å². The molecule has 7 heteroatoms. The number of halogens is 1. The molecule has 0 aromatic heterocycles. The van der Waals surface area contributed by atoms with Crippen LogP contribution in [0.3, 0.4) is 0 Å². The standard InChI is InChI=1S/C22H25N3O2S.HI/c1-16-13-17(11-12-21(16)28(3,26)27)14-24-22(23-2)25-15-19-9-6-8-18-7-4-5-10-20(18)19;/h4-13H,14-15H2,1-3H3,(H2,23,24,25);1H. The second kappa shape index (κ2) is 10.1. The fourth-order valence-corrected chi connectivity index (χ4v) is 4.23. The molecule has 29 heavy (non-hydrogen) atoms. The molecule has 0 radical (unpaired) electrons. The first kappa shape index (κ1) is 23.2. The largest absolute Gasteiger partial charge is 0.352 e. The van der Waals surface area contributed by atoms with Gasteiger partial charge < -0.3 is 10.6 Å². The molecule has 0 aliphatic rings. The molecule has 3 aromatic carbocycles. The third-order valence-electron chi connectivity index (χ3n) is 4.65. The van der Waals surface area contributed by atoms with E-state index in [1.807, 2.05) is 31.2 Å². The maximum atomic E-state index is 11.7. The molecule has 0 bridgehead atoms. The van der Waals surface area contributed by atoms with Crippen molar-refractivity contribution in [3.05, 3.63) is 77.4 Å². The Kier molecular flexibility index (Phi) is 8.04. The fraction of sp³-hybridized carbons (Fsp3) is 0.227. The van der Waals surface area contributed by atoms with E-state index in [4.69, 9.17) is 0 Å². The van der Waals surface area contributed by atoms with Crippen molar-refractivity contribution < 1.29 is 8.42 Å². The Labute approximate surface area is 189 Å². The van der Waals surface area contributed by atoms with Crippen LogP contribution >= 0.6 is 24.0 Å². The number of sulfone groups is 1. The number of guanidine groups is 1. The Morgan fingerprint density at radius 2 is 1.66 bits per heavy atom. The molecule has 0 aliphatic carbocycles. The normalized spacial score (nSPS) is 11.8. The smallest absolute Gasteiger partial charge is 0.191 e. The zero-order valence-corrected chi connectivity index (χ0v) is 19.9. The molecule has 5 nitrogen and oxygen atoms in total. The lowest BCUT2D eigenvalue weighted by Gasteiger charge is -2.14. The van der Waals surface area contributed by atoms with Gasteiger partial charge in [-0.15, -0.1) is 24.0 Å². The molecule has 3 rings (SSSR count). The number of hydrogen-bond donors (Lipinski definition) is 2. The highest BCUT2D eigenvalue weighted by atomic mass is 127. The first-order valence-electron chi connectivity index (χ1n) is 9.09. The van der Waals surface area contributed by atoms with Gasteiger partial charge in [0.05, 0.1) is 4.90 Å². The first-order chi connectivity index (χ1) is 13.4. The molecule has 0 spiro atoms. The lowest BCUT2D eigenvalue weighted by Crippen LogP contribution is -2.36. The van der Waals surface area contributed by atoms with Crippen molar-refractivity contribution in [3.8, 4) is 0 Å². The third-order valence-corrected chi connectivity index (χ3v) is 5.91. The van der Waals surface area contributed by atoms with E-state index in [-0.39, 0.29) is 24.0 Å². The van der Waals surface area contributed by atoms with Gasteiger partial charge in [-0.2, -0.15) is 0 Å². The highest BCUT2D eigenvalue weighted by molar-refractivity contribution is 14.0. The Hall–Kier alpha value is -2.13. The van der Waals surface area contributed by atoms with Crippen LogP contribution in [0.2, 0.25) is 0 Å². The maximum Gasteiger partial charge on any atom is 0.191 e. The number of fused-ring (bicyclic) bond motifs is 1. The molecule has 0 saturated carbocycles. The van der Waals surface area contributed by atoms with Crippen molar-refractivity contribution in [3.63, 3.8) is 0 Å². The molecule has 0 saturated heterocycles. The van der Waals surface area contributed by atoms with Crippen LogP contribution in [-0.2, 0) is 22.9 Å². The van der Waals surface area contributed by atoms with E-state index in [1.54, 1.807) is 13.1 Å². The summed E-state index contributed by atoms with van der Waals surface area (Å²) in [7, 11) is -1.47. The average molecular weight is 523 g/mol. The lowest BCUT2D eigenvalue weighted by atomic mass is 10.0. The van der Waals surface area contributed by atoms with E-state index in [1.165, 1.54) is 22.6 Å². The minimum atomic E-state index is -3.20. The summed E-state index contributed by atoms with van der Waals surface area (Å²) in [6.07, 6.45) is 1.23. The van der Waals surface area contributed by atoms with Gasteiger partial charge in [0.1, 0.15) is 0 Å². The molecule has 0 atom stereocenters. The number of nitrogens with zero attached hydrogens (tertiary/aromatic N) is 1. The first-order valence-corrected chi connectivity index (χ1v) is 11.0. The summed E-state index contributed by atoms with van der Waals surface area (Å²) in [5.74, 6) is 0.692. The van der Waals surface area contributed by atoms with E-state index in [0.29, 0.717) is 23.9 Å². The van der Waals surface area contributed by atoms with Crippen molar-refractivity contribution in [2.45, 2.75) is 24.9 Å². The van der Waals surface area contributed by atoms with Crippen LogP contribution in [0, 0.1) is 6.92 Å². The maximum absolute atomic E-state index is 11.7. The van der Waals surface area contributed by atoms with Gasteiger partial charge in [-0.05, 0) is 40.5 Å². The van der Waals surface area contributed by atoms with E-state index >= 15 is 0 Å². The zero-order valence-electron chi connectivity index (χ0n) is 16.8. The van der Waals surface area contributed by atoms with Crippen molar-refractivity contribution in [2.75, 3.05) is 13.3 Å². The quantitative estimate of drug-likeness (QED) is 0.301. The minimum Gasteiger partial charge on any atom is -0.352 e. The summed E-state index contributed by atoms with van der Waals surface area (Å²) in [6, 6.07) is 20.0. The van der Waals surface area contributed by atoms with Crippen molar-refractivity contribution in [1.82, 2.24) is 10.6 Å². The summed E-state index contributed by atoms with van der Waals surface area (Å²) in [5, 5.41) is 9.06. The molecular formula is C22H26IN3O2S. The molecule has 2 N–H and O–H groups in total. The number of rotatable bonds is 5. The van der Waals surface area contributed by atoms with Crippen molar-refractivity contribution >= 4 is 50.5 Å². The van der Waals surface area contributed by atoms with E-state index in [9.17, 15) is 8.42 Å². The van der Waals surface area contributed by atoms with Crippen molar-refractivity contribution in [1.29, 1.82) is 0 Å². The van der Waals surface area contributed by atoms with Gasteiger partial charge in [0.15, 0.2) is 15.8 Å². The van der Waals surface area contributed by atoms with Crippen LogP contribution in [0.1, 0.15) is 16.7 Å². The van der Waals surface area contributed by atoms with Gasteiger partial charge >= 0.3 is 0 Å². The molecule has 154 valence electrons. The lowest BCUT2D eigenvalue weighted by molar-refractivity contribution is 0.601. The number of hydrogen-bond acceptors (Lipinski definition) is 3. The summed E-state index contributed by atoms with van der Waals surface area (Å²) in [6.45, 7) is 3.03. The Balaban J connectivity index is 0.00000300. The average Bonchev–Trinajstić information content (AvgIpc) is 2.67. The van der Waals surface area contributed by atoms with Crippen LogP contribution in [0.25, 0.3) is 10.8 Å². The topological polar surface area (TPSA) is 70.6 Å². The van der Waals surface area contributed by atoms with Crippen LogP contribution in [-0.4, -0.2) is 27.7 Å². The SMILES string of the molecule is CN=C(NCc1ccc(S(C)(=O)=O)c(C)c1)NCc1cccc2ccccc12.I. The Morgan fingerprint density at radius 1 is 0.966 bits per heavy atom. The molecule has 0 amide bonds. The number of aryl methyl sites for hydroxylation is 1. The van der Waals surface area contributed by atoms with Crippen LogP contribution < -0.4 is 10.6 Å². The van der Waals surface area contributed by atoms with Gasteiger partial charge in [-0.25, -0.2) is 8.42 Å². The second-order valence-electron chi connectivity index (χ2n) is 6.79. The molecule has 0 heterocycles. The summed E-state index contributed by atoms with van der Waals surface area (Å²) in [5.41, 5.74) is 2.95. The van der Waals surface area contributed by atoms with Gasteiger partial charge in [-0.3, -0.25) is 4.99 Å². The zero-order chi connectivity index (χ0) is 20.1. The molecule has 0 aliphatic heterocycles. The highest BCUT2D eigenvalue weighted by Gasteiger charge is 2.11. The predicted octanol–water partition coefficient (Wildman–Crippen LogP) is 4.03. The van der Waals surface area contributed by atoms with Gasteiger partial charge in [0.2, 0.25) is 0 Å². The number of benzene rings is 3. The van der Waals surface area contributed by atoms with Crippen LogP contribution in [0.5, 0.6) is 0 Å². The van der Waals surface area contributed by atoms with Crippen molar-refractivity contribution in [2.24, 2.45) is 4.99 Å². The van der Waals surface area contributed by atoms with Gasteiger partial charge in [0, 0.05) is 26.4 Å². The van der Waals surface area contributed by atoms with Crippen LogP contribution in [0.4, 0.5) is 0 Å². The fourth-order valence-electron chi connectivity index (χ4n) is 3.27. The highest BCUT2D eigenvalue weighted by Crippen LogP contribution is 2.18. The van der Waals surface area contributed by atoms with Gasteiger partial charge in [-0.1, -0.05) is 54.6 Å². The summed E-state index contributed by atoms with van der Waals surface area (Å²) < 4.78 is 23.5. The number of aliphatic imine (C=N–C) groups is 1. The molecule has 0 fully saturated rings. The van der Waals surface area contributed by atoms with Gasteiger partial charge in [0.25, 0.3) is 0 Å². The summed E-state index contributed by atoms with van der Waals surface area (Å²) >= 11 is 0. The molecular weight excluding hydrogens is 497 g/mol. The molecule has 0 unspecified atom stereocenters. The third kappa shape index (κ3) is 5.93. The van der Waals surface area contributed by atoms with E-state index in [2.05, 4.69) is 46.0 Å². The minimum absolute atomic E-state index is 0. The number of nitrogens with one attached hydrogen (secondary N) is 2. The van der Waals surface area contributed by atoms with E-state index < -0.39 is 9.84 Å². The monoisotopic (exact) mass is 523 g/mol. The predicted molar refractivity (Wildman–Crippen MR) is 131 cm³/mol. The Morgan fingerprint density at radius 3 is 2.34 bits per heavy atom. The second-order valence-corrected chi connectivity index (χ2v) is 8.77. The molecule has 3 aromatic rings. The Bertz CT molecular complexity index is 1120. The van der Waals surface area contributed by atoms with Crippen LogP contribution in [0.15, 0.2) is 70.6 Å².